The first-order valence-electron chi connectivity index (χ1n) is 6.83. The molecule has 1 aromatic carbocycles. The first kappa shape index (κ1) is 13.4. The van der Waals surface area contributed by atoms with Gasteiger partial charge in [-0.3, -0.25) is 4.90 Å². The Morgan fingerprint density at radius 3 is 2.44 bits per heavy atom. The topological polar surface area (TPSA) is 32.5 Å². The lowest BCUT2D eigenvalue weighted by atomic mass is 10.0. The van der Waals surface area contributed by atoms with E-state index in [1.54, 1.807) is 0 Å². The Morgan fingerprint density at radius 1 is 1.33 bits per heavy atom. The van der Waals surface area contributed by atoms with Crippen molar-refractivity contribution < 1.29 is 0 Å². The molecular weight excluding hydrogens is 222 g/mol. The average Bonchev–Trinajstić information content (AvgIpc) is 2.77. The zero-order valence-corrected chi connectivity index (χ0v) is 11.8. The summed E-state index contributed by atoms with van der Waals surface area (Å²) in [5.74, 6) is 0.806. The maximum Gasteiger partial charge on any atom is 0.0470 e. The van der Waals surface area contributed by atoms with E-state index in [-0.39, 0.29) is 0 Å². The van der Waals surface area contributed by atoms with Crippen LogP contribution in [0.2, 0.25) is 0 Å². The lowest BCUT2D eigenvalue weighted by molar-refractivity contribution is 0.244. The van der Waals surface area contributed by atoms with E-state index in [9.17, 15) is 0 Å². The van der Waals surface area contributed by atoms with Crippen LogP contribution in [0, 0.1) is 5.92 Å². The molecule has 100 valence electrons. The van der Waals surface area contributed by atoms with E-state index in [2.05, 4.69) is 55.1 Å². The van der Waals surface area contributed by atoms with E-state index in [1.165, 1.54) is 30.8 Å². The zero-order valence-electron chi connectivity index (χ0n) is 11.8. The number of nitrogens with zero attached hydrogens (tertiary/aromatic N) is 2. The molecule has 1 aliphatic heterocycles. The molecule has 2 unspecified atom stereocenters. The van der Waals surface area contributed by atoms with Gasteiger partial charge in [0.05, 0.1) is 0 Å². The van der Waals surface area contributed by atoms with Gasteiger partial charge >= 0.3 is 0 Å². The van der Waals surface area contributed by atoms with E-state index in [0.717, 1.165) is 5.92 Å². The van der Waals surface area contributed by atoms with Crippen molar-refractivity contribution >= 4 is 5.69 Å². The summed E-state index contributed by atoms with van der Waals surface area (Å²) in [6, 6.07) is 9.17. The Bertz CT molecular complexity index is 372. The highest BCUT2D eigenvalue weighted by Gasteiger charge is 2.25. The molecule has 0 bridgehead atoms. The SMILES string of the molecule is CC1CCN(C(CN)c2ccc(N(C)C)cc2)C1. The van der Waals surface area contributed by atoms with Crippen molar-refractivity contribution in [2.75, 3.05) is 38.6 Å². The monoisotopic (exact) mass is 247 g/mol. The molecule has 18 heavy (non-hydrogen) atoms. The van der Waals surface area contributed by atoms with Crippen LogP contribution < -0.4 is 10.6 Å². The van der Waals surface area contributed by atoms with Crippen molar-refractivity contribution in [2.24, 2.45) is 11.7 Å². The summed E-state index contributed by atoms with van der Waals surface area (Å²) in [5.41, 5.74) is 8.56. The van der Waals surface area contributed by atoms with Crippen LogP contribution in [-0.4, -0.2) is 38.6 Å². The Morgan fingerprint density at radius 2 is 2.00 bits per heavy atom. The summed E-state index contributed by atoms with van der Waals surface area (Å²) in [4.78, 5) is 4.65. The quantitative estimate of drug-likeness (QED) is 0.884. The van der Waals surface area contributed by atoms with Gasteiger partial charge in [-0.2, -0.15) is 0 Å². The Kier molecular flexibility index (Phi) is 4.25. The molecule has 0 spiro atoms. The molecule has 0 aromatic heterocycles. The van der Waals surface area contributed by atoms with E-state index < -0.39 is 0 Å². The second-order valence-electron chi connectivity index (χ2n) is 5.63. The third kappa shape index (κ3) is 2.85. The van der Waals surface area contributed by atoms with Crippen molar-refractivity contribution in [3.63, 3.8) is 0 Å². The highest BCUT2D eigenvalue weighted by molar-refractivity contribution is 5.46. The fourth-order valence-corrected chi connectivity index (χ4v) is 2.74. The highest BCUT2D eigenvalue weighted by Crippen LogP contribution is 2.27. The number of hydrogen-bond donors (Lipinski definition) is 1. The predicted molar refractivity (Wildman–Crippen MR) is 77.9 cm³/mol. The third-order valence-electron chi connectivity index (χ3n) is 3.91. The van der Waals surface area contributed by atoms with Crippen LogP contribution >= 0.6 is 0 Å². The molecule has 1 fully saturated rings. The first-order chi connectivity index (χ1) is 8.61. The number of nitrogens with two attached hydrogens (primary N) is 1. The van der Waals surface area contributed by atoms with Gasteiger partial charge in [0.1, 0.15) is 0 Å². The minimum atomic E-state index is 0.381. The lowest BCUT2D eigenvalue weighted by Gasteiger charge is -2.27. The lowest BCUT2D eigenvalue weighted by Crippen LogP contribution is -2.31. The molecule has 0 saturated carbocycles. The maximum atomic E-state index is 5.98. The number of hydrogen-bond acceptors (Lipinski definition) is 3. The van der Waals surface area contributed by atoms with Gasteiger partial charge in [0, 0.05) is 38.9 Å². The Hall–Kier alpha value is -1.06. The van der Waals surface area contributed by atoms with Gasteiger partial charge in [-0.15, -0.1) is 0 Å². The number of rotatable bonds is 4. The summed E-state index contributed by atoms with van der Waals surface area (Å²) >= 11 is 0. The van der Waals surface area contributed by atoms with Gasteiger partial charge < -0.3 is 10.6 Å². The molecule has 1 aliphatic rings. The van der Waals surface area contributed by atoms with Crippen LogP contribution in [0.15, 0.2) is 24.3 Å². The van der Waals surface area contributed by atoms with Crippen LogP contribution in [0.1, 0.15) is 24.9 Å². The van der Waals surface area contributed by atoms with E-state index in [4.69, 9.17) is 5.73 Å². The van der Waals surface area contributed by atoms with E-state index in [0.29, 0.717) is 12.6 Å². The second kappa shape index (κ2) is 5.72. The molecule has 1 heterocycles. The van der Waals surface area contributed by atoms with Gasteiger partial charge in [0.25, 0.3) is 0 Å². The molecule has 3 nitrogen and oxygen atoms in total. The largest absolute Gasteiger partial charge is 0.378 e. The minimum Gasteiger partial charge on any atom is -0.378 e. The highest BCUT2D eigenvalue weighted by atomic mass is 15.2. The van der Waals surface area contributed by atoms with Gasteiger partial charge in [-0.05, 0) is 36.6 Å². The number of benzene rings is 1. The van der Waals surface area contributed by atoms with E-state index >= 15 is 0 Å². The molecule has 2 rings (SSSR count). The molecule has 1 saturated heterocycles. The summed E-state index contributed by atoms with van der Waals surface area (Å²) < 4.78 is 0. The second-order valence-corrected chi connectivity index (χ2v) is 5.63. The fraction of sp³-hybridized carbons (Fsp3) is 0.600. The molecule has 1 aromatic rings. The third-order valence-corrected chi connectivity index (χ3v) is 3.91. The molecule has 0 amide bonds. The molecule has 0 aliphatic carbocycles. The first-order valence-corrected chi connectivity index (χ1v) is 6.83. The number of likely N-dealkylation sites (tertiary alicyclic amines) is 1. The van der Waals surface area contributed by atoms with Crippen molar-refractivity contribution in [2.45, 2.75) is 19.4 Å². The van der Waals surface area contributed by atoms with Crippen molar-refractivity contribution in [3.05, 3.63) is 29.8 Å². The summed E-state index contributed by atoms with van der Waals surface area (Å²) in [7, 11) is 4.13. The van der Waals surface area contributed by atoms with Crippen LogP contribution in [0.4, 0.5) is 5.69 Å². The standard InChI is InChI=1S/C15H25N3/c1-12-8-9-18(11-12)15(10-16)13-4-6-14(7-5-13)17(2)3/h4-7,12,15H,8-11,16H2,1-3H3. The van der Waals surface area contributed by atoms with Crippen LogP contribution in [0.5, 0.6) is 0 Å². The van der Waals surface area contributed by atoms with Crippen LogP contribution in [0.25, 0.3) is 0 Å². The molecule has 3 heteroatoms. The van der Waals surface area contributed by atoms with Crippen LogP contribution in [-0.2, 0) is 0 Å². The smallest absolute Gasteiger partial charge is 0.0470 e. The average molecular weight is 247 g/mol. The molecule has 2 atom stereocenters. The summed E-state index contributed by atoms with van der Waals surface area (Å²) in [6.45, 7) is 5.38. The fourth-order valence-electron chi connectivity index (χ4n) is 2.74. The molecule has 0 radical (unpaired) electrons. The maximum absolute atomic E-state index is 5.98. The zero-order chi connectivity index (χ0) is 13.1. The predicted octanol–water partition coefficient (Wildman–Crippen LogP) is 2.09. The summed E-state index contributed by atoms with van der Waals surface area (Å²) in [5, 5.41) is 0. The molecular formula is C15H25N3. The van der Waals surface area contributed by atoms with Gasteiger partial charge in [0.2, 0.25) is 0 Å². The Balaban J connectivity index is 2.12. The van der Waals surface area contributed by atoms with Gasteiger partial charge in [-0.1, -0.05) is 19.1 Å². The van der Waals surface area contributed by atoms with Crippen molar-refractivity contribution in [1.29, 1.82) is 0 Å². The van der Waals surface area contributed by atoms with E-state index in [1.807, 2.05) is 0 Å². The number of anilines is 1. The molecule has 2 N–H and O–H groups in total. The van der Waals surface area contributed by atoms with Crippen molar-refractivity contribution in [1.82, 2.24) is 4.90 Å². The Labute approximate surface area is 111 Å². The normalized spacial score (nSPS) is 22.1. The minimum absolute atomic E-state index is 0.381. The van der Waals surface area contributed by atoms with Gasteiger partial charge in [0.15, 0.2) is 0 Å². The van der Waals surface area contributed by atoms with Gasteiger partial charge in [-0.25, -0.2) is 0 Å². The summed E-state index contributed by atoms with van der Waals surface area (Å²) in [6.07, 6.45) is 1.30. The van der Waals surface area contributed by atoms with Crippen LogP contribution in [0.3, 0.4) is 0 Å². The van der Waals surface area contributed by atoms with Crippen molar-refractivity contribution in [3.8, 4) is 0 Å².